The van der Waals surface area contributed by atoms with Crippen LogP contribution in [0.15, 0.2) is 42.5 Å². The number of piperidine rings is 3. The third-order valence-corrected chi connectivity index (χ3v) is 11.7. The molecule has 0 radical (unpaired) electrons. The van der Waals surface area contributed by atoms with Crippen LogP contribution in [0.5, 0.6) is 0 Å². The van der Waals surface area contributed by atoms with Gasteiger partial charge in [0.05, 0.1) is 25.7 Å². The van der Waals surface area contributed by atoms with Crippen molar-refractivity contribution in [3.63, 3.8) is 0 Å². The number of halogens is 3. The summed E-state index contributed by atoms with van der Waals surface area (Å²) in [5.74, 6) is 1.04. The number of carbonyl (C=O) groups is 3. The van der Waals surface area contributed by atoms with Gasteiger partial charge >= 0.3 is 24.2 Å². The molecule has 3 fully saturated rings. The summed E-state index contributed by atoms with van der Waals surface area (Å²) in [6, 6.07) is 10.6. The van der Waals surface area contributed by atoms with E-state index >= 15 is 0 Å². The number of urea groups is 1. The minimum atomic E-state index is -4.48. The fraction of sp³-hybridized carbons (Fsp3) is 0.605. The predicted molar refractivity (Wildman–Crippen MR) is 188 cm³/mol. The van der Waals surface area contributed by atoms with Gasteiger partial charge in [-0.1, -0.05) is 37.3 Å². The lowest BCUT2D eigenvalue weighted by Crippen LogP contribution is -2.62. The van der Waals surface area contributed by atoms with E-state index in [4.69, 9.17) is 4.84 Å². The summed E-state index contributed by atoms with van der Waals surface area (Å²) in [6.45, 7) is 6.44. The molecule has 0 saturated carbocycles. The van der Waals surface area contributed by atoms with E-state index in [0.717, 1.165) is 62.5 Å². The number of quaternary nitrogens is 1. The van der Waals surface area contributed by atoms with Gasteiger partial charge in [-0.25, -0.2) is 14.4 Å². The van der Waals surface area contributed by atoms with E-state index in [1.54, 1.807) is 12.0 Å². The van der Waals surface area contributed by atoms with Crippen molar-refractivity contribution in [3.8, 4) is 0 Å². The number of nitrogens with zero attached hydrogens (tertiary/aromatic N) is 3. The summed E-state index contributed by atoms with van der Waals surface area (Å²) in [5, 5.41) is 10.8. The first-order chi connectivity index (χ1) is 24.4. The lowest BCUT2D eigenvalue weighted by Gasteiger charge is -2.42. The van der Waals surface area contributed by atoms with Crippen molar-refractivity contribution < 1.29 is 36.9 Å². The Kier molecular flexibility index (Phi) is 11.6. The number of anilines is 1. The van der Waals surface area contributed by atoms with Gasteiger partial charge in [0.2, 0.25) is 0 Å². The first-order valence-electron chi connectivity index (χ1n) is 18.6. The minimum absolute atomic E-state index is 0.0127. The molecule has 3 N–H and O–H groups in total. The highest BCUT2D eigenvalue weighted by molar-refractivity contribution is 5.91. The average molecular weight is 714 g/mol. The first-order valence-corrected chi connectivity index (χ1v) is 18.6. The molecule has 4 aliphatic rings. The fourth-order valence-electron chi connectivity index (χ4n) is 8.59. The quantitative estimate of drug-likeness (QED) is 0.301. The lowest BCUT2D eigenvalue weighted by molar-refractivity contribution is -0.842. The van der Waals surface area contributed by atoms with E-state index in [1.807, 2.05) is 36.2 Å². The van der Waals surface area contributed by atoms with Crippen molar-refractivity contribution in [1.82, 2.24) is 20.6 Å². The second kappa shape index (κ2) is 15.9. The molecule has 278 valence electrons. The number of hydrogen-bond acceptors (Lipinski definition) is 6. The van der Waals surface area contributed by atoms with Gasteiger partial charge in [0.1, 0.15) is 0 Å². The van der Waals surface area contributed by atoms with E-state index in [1.165, 1.54) is 12.1 Å². The number of para-hydroxylation sites is 1. The van der Waals surface area contributed by atoms with Crippen LogP contribution in [-0.2, 0) is 35.1 Å². The average Bonchev–Trinajstić information content (AvgIpc) is 3.29. The van der Waals surface area contributed by atoms with Gasteiger partial charge < -0.3 is 25.7 Å². The standard InChI is InChI=1S/C38H51F3N6O4/c1-3-27-24-26(8-9-32(27)38(39,40)41)25-34(35(48)47(2)22-15-29(16-23-47)28-10-17-42-18-11-28)44-37(50)51-45-19-13-31(14-20-45)46-21-12-30-6-4-5-7-33(30)43-36(46)49/h4-9,24,28-29,31,34,42H,3,10-23,25H2,1-2H3,(H-,43,44,49,50)/p+1/t29?,34-,47?/m1/s1. The Hall–Kier alpha value is -3.68. The Morgan fingerprint density at radius 1 is 0.980 bits per heavy atom. The normalized spacial score (nSPS) is 24.6. The number of fused-ring (bicyclic) bond motifs is 1. The fourth-order valence-corrected chi connectivity index (χ4v) is 8.59. The van der Waals surface area contributed by atoms with E-state index in [9.17, 15) is 27.6 Å². The van der Waals surface area contributed by atoms with E-state index < -0.39 is 23.9 Å². The number of carbonyl (C=O) groups excluding carboxylic acids is 3. The number of benzene rings is 2. The molecule has 4 amide bonds. The Labute approximate surface area is 298 Å². The topological polar surface area (TPSA) is 103 Å². The number of aryl methyl sites for hydroxylation is 1. The van der Waals surface area contributed by atoms with Crippen molar-refractivity contribution in [2.75, 3.05) is 58.2 Å². The number of hydroxylamine groups is 2. The SMILES string of the molecule is CCc1cc(C[C@@H](NC(=O)ON2CCC(N3CCc4ccccc4NC3=O)CC2)C(=O)[N+]2(C)CCC(C3CCNCC3)CC2)ccc1C(F)(F)F. The van der Waals surface area contributed by atoms with Crippen LogP contribution in [-0.4, -0.2) is 97.4 Å². The molecule has 2 aromatic carbocycles. The molecule has 6 rings (SSSR count). The molecule has 13 heteroatoms. The van der Waals surface area contributed by atoms with E-state index in [2.05, 4.69) is 16.0 Å². The molecule has 51 heavy (non-hydrogen) atoms. The number of likely N-dealkylation sites (N-methyl/N-ethyl adjacent to an activating group) is 1. The largest absolute Gasteiger partial charge is 0.427 e. The minimum Gasteiger partial charge on any atom is -0.351 e. The summed E-state index contributed by atoms with van der Waals surface area (Å²) in [6.07, 6.45) is 1.08. The molecule has 0 bridgehead atoms. The van der Waals surface area contributed by atoms with E-state index in [-0.39, 0.29) is 40.9 Å². The maximum Gasteiger partial charge on any atom is 0.427 e. The molecule has 0 aromatic heterocycles. The van der Waals surface area contributed by atoms with E-state index in [0.29, 0.717) is 63.0 Å². The first kappa shape index (κ1) is 37.1. The molecule has 4 heterocycles. The van der Waals surface area contributed by atoms with Crippen molar-refractivity contribution >= 4 is 23.7 Å². The summed E-state index contributed by atoms with van der Waals surface area (Å²) < 4.78 is 41.2. The van der Waals surface area contributed by atoms with Gasteiger partial charge in [-0.15, -0.1) is 5.06 Å². The molecule has 0 spiro atoms. The van der Waals surface area contributed by atoms with Gasteiger partial charge in [0, 0.05) is 50.6 Å². The van der Waals surface area contributed by atoms with Crippen LogP contribution >= 0.6 is 0 Å². The Balaban J connectivity index is 1.10. The zero-order valence-electron chi connectivity index (χ0n) is 29.8. The molecule has 4 aliphatic heterocycles. The molecule has 10 nitrogen and oxygen atoms in total. The molecular weight excluding hydrogens is 661 g/mol. The summed E-state index contributed by atoms with van der Waals surface area (Å²) in [5.41, 5.74) is 1.94. The van der Waals surface area contributed by atoms with Crippen LogP contribution in [0.1, 0.15) is 67.7 Å². The molecule has 2 aromatic rings. The number of alkyl halides is 3. The highest BCUT2D eigenvalue weighted by Crippen LogP contribution is 2.35. The Bertz CT molecular complexity index is 1550. The predicted octanol–water partition coefficient (Wildman–Crippen LogP) is 5.76. The lowest BCUT2D eigenvalue weighted by atomic mass is 9.78. The third kappa shape index (κ3) is 8.86. The summed E-state index contributed by atoms with van der Waals surface area (Å²) >= 11 is 0. The van der Waals surface area contributed by atoms with Crippen LogP contribution in [0.2, 0.25) is 0 Å². The second-order valence-corrected chi connectivity index (χ2v) is 14.9. The number of rotatable bonds is 8. The summed E-state index contributed by atoms with van der Waals surface area (Å²) in [4.78, 5) is 48.4. The monoisotopic (exact) mass is 713 g/mol. The molecule has 0 aliphatic carbocycles. The molecule has 3 saturated heterocycles. The smallest absolute Gasteiger partial charge is 0.351 e. The highest BCUT2D eigenvalue weighted by atomic mass is 19.4. The van der Waals surface area contributed by atoms with Gasteiger partial charge in [-0.3, -0.25) is 4.48 Å². The summed E-state index contributed by atoms with van der Waals surface area (Å²) in [7, 11) is 1.91. The number of amides is 4. The van der Waals surface area contributed by atoms with Crippen LogP contribution in [0, 0.1) is 11.8 Å². The molecular formula is C38H52F3N6O4+. The Morgan fingerprint density at radius 3 is 2.35 bits per heavy atom. The van der Waals surface area contributed by atoms with Crippen LogP contribution in [0.3, 0.4) is 0 Å². The van der Waals surface area contributed by atoms with Gasteiger partial charge in [0.15, 0.2) is 6.04 Å². The van der Waals surface area contributed by atoms with Crippen molar-refractivity contribution in [1.29, 1.82) is 0 Å². The van der Waals surface area contributed by atoms with Gasteiger partial charge in [0.25, 0.3) is 0 Å². The van der Waals surface area contributed by atoms with Crippen molar-refractivity contribution in [2.24, 2.45) is 11.8 Å². The van der Waals surface area contributed by atoms with Crippen LogP contribution in [0.25, 0.3) is 0 Å². The van der Waals surface area contributed by atoms with Gasteiger partial charge in [-0.05, 0) is 92.3 Å². The maximum atomic E-state index is 14.3. The highest BCUT2D eigenvalue weighted by Gasteiger charge is 2.44. The Morgan fingerprint density at radius 2 is 1.67 bits per heavy atom. The maximum absolute atomic E-state index is 14.3. The second-order valence-electron chi connectivity index (χ2n) is 14.9. The number of hydrogen-bond donors (Lipinski definition) is 3. The zero-order chi connectivity index (χ0) is 36.2. The number of nitrogens with one attached hydrogen (secondary N) is 3. The molecule has 1 atom stereocenters. The zero-order valence-corrected chi connectivity index (χ0v) is 29.8. The van der Waals surface area contributed by atoms with Gasteiger partial charge in [-0.2, -0.15) is 13.2 Å². The third-order valence-electron chi connectivity index (χ3n) is 11.7. The van der Waals surface area contributed by atoms with Crippen molar-refractivity contribution in [3.05, 3.63) is 64.7 Å². The van der Waals surface area contributed by atoms with Crippen LogP contribution < -0.4 is 16.0 Å². The van der Waals surface area contributed by atoms with Crippen molar-refractivity contribution in [2.45, 2.75) is 83.0 Å². The van der Waals surface area contributed by atoms with Crippen LogP contribution in [0.4, 0.5) is 28.4 Å². The number of likely N-dealkylation sites (tertiary alicyclic amines) is 1. The molecule has 0 unspecified atom stereocenters.